The molecule has 0 atom stereocenters. The van der Waals surface area contributed by atoms with Crippen LogP contribution in [0.2, 0.25) is 0 Å². The van der Waals surface area contributed by atoms with Gasteiger partial charge in [0.2, 0.25) is 0 Å². The molecule has 108 valence electrons. The first-order chi connectivity index (χ1) is 9.19. The van der Waals surface area contributed by atoms with Crippen molar-refractivity contribution in [2.75, 3.05) is 26.7 Å². The molecule has 0 amide bonds. The average Bonchev–Trinajstić information content (AvgIpc) is 2.84. The standard InChI is InChI=1S/C15H27N3S/c1-12(2)18-8-5-13(6-9-18)10-15-17-11-14(19-15)4-7-16-3/h11-13,16H,4-10H2,1-3H3. The van der Waals surface area contributed by atoms with Crippen molar-refractivity contribution in [2.24, 2.45) is 5.92 Å². The Morgan fingerprint density at radius 2 is 2.16 bits per heavy atom. The number of rotatable bonds is 6. The van der Waals surface area contributed by atoms with Gasteiger partial charge in [0, 0.05) is 23.5 Å². The molecule has 1 saturated heterocycles. The predicted molar refractivity (Wildman–Crippen MR) is 82.9 cm³/mol. The fourth-order valence-electron chi connectivity index (χ4n) is 2.73. The van der Waals surface area contributed by atoms with Crippen molar-refractivity contribution in [2.45, 2.75) is 45.6 Å². The topological polar surface area (TPSA) is 28.2 Å². The first kappa shape index (κ1) is 14.9. The molecule has 1 N–H and O–H groups in total. The molecule has 0 radical (unpaired) electrons. The summed E-state index contributed by atoms with van der Waals surface area (Å²) in [5.74, 6) is 0.846. The molecule has 4 heteroatoms. The van der Waals surface area contributed by atoms with Gasteiger partial charge in [-0.25, -0.2) is 4.98 Å². The van der Waals surface area contributed by atoms with Gasteiger partial charge in [-0.1, -0.05) is 0 Å². The van der Waals surface area contributed by atoms with Crippen molar-refractivity contribution >= 4 is 11.3 Å². The molecule has 2 heterocycles. The number of aromatic nitrogens is 1. The van der Waals surface area contributed by atoms with Crippen LogP contribution in [0.3, 0.4) is 0 Å². The first-order valence-corrected chi connectivity index (χ1v) is 8.33. The average molecular weight is 281 g/mol. The van der Waals surface area contributed by atoms with Crippen molar-refractivity contribution < 1.29 is 0 Å². The Bertz CT molecular complexity index is 367. The molecule has 2 rings (SSSR count). The zero-order valence-corrected chi connectivity index (χ0v) is 13.3. The monoisotopic (exact) mass is 281 g/mol. The van der Waals surface area contributed by atoms with Crippen LogP contribution in [-0.4, -0.2) is 42.6 Å². The second-order valence-electron chi connectivity index (χ2n) is 5.85. The molecule has 1 aliphatic heterocycles. The van der Waals surface area contributed by atoms with Crippen molar-refractivity contribution in [3.05, 3.63) is 16.1 Å². The van der Waals surface area contributed by atoms with Gasteiger partial charge >= 0.3 is 0 Å². The summed E-state index contributed by atoms with van der Waals surface area (Å²) in [6.07, 6.45) is 7.05. The second kappa shape index (κ2) is 7.36. The first-order valence-electron chi connectivity index (χ1n) is 7.51. The molecule has 0 saturated carbocycles. The Balaban J connectivity index is 1.77. The SMILES string of the molecule is CNCCc1cnc(CC2CCN(C(C)C)CC2)s1. The van der Waals surface area contributed by atoms with E-state index in [0.29, 0.717) is 6.04 Å². The van der Waals surface area contributed by atoms with E-state index < -0.39 is 0 Å². The van der Waals surface area contributed by atoms with Crippen molar-refractivity contribution in [3.63, 3.8) is 0 Å². The highest BCUT2D eigenvalue weighted by Gasteiger charge is 2.21. The van der Waals surface area contributed by atoms with Gasteiger partial charge in [0.15, 0.2) is 0 Å². The molecule has 3 nitrogen and oxygen atoms in total. The quantitative estimate of drug-likeness (QED) is 0.868. The van der Waals surface area contributed by atoms with Gasteiger partial charge in [0.25, 0.3) is 0 Å². The van der Waals surface area contributed by atoms with E-state index in [2.05, 4.69) is 35.2 Å². The van der Waals surface area contributed by atoms with Crippen LogP contribution < -0.4 is 5.32 Å². The number of likely N-dealkylation sites (N-methyl/N-ethyl adjacent to an activating group) is 1. The number of thiazole rings is 1. The zero-order chi connectivity index (χ0) is 13.7. The van der Waals surface area contributed by atoms with Crippen LogP contribution in [0.15, 0.2) is 6.20 Å². The number of hydrogen-bond acceptors (Lipinski definition) is 4. The maximum absolute atomic E-state index is 4.59. The molecule has 0 aromatic carbocycles. The van der Waals surface area contributed by atoms with Crippen LogP contribution in [0, 0.1) is 5.92 Å². The molecule has 0 unspecified atom stereocenters. The van der Waals surface area contributed by atoms with E-state index in [1.54, 1.807) is 0 Å². The molecule has 1 aliphatic rings. The molecule has 1 fully saturated rings. The third-order valence-electron chi connectivity index (χ3n) is 4.07. The molecule has 1 aromatic heterocycles. The highest BCUT2D eigenvalue weighted by Crippen LogP contribution is 2.25. The number of piperidine rings is 1. The van der Waals surface area contributed by atoms with Gasteiger partial charge in [-0.2, -0.15) is 0 Å². The molecule has 19 heavy (non-hydrogen) atoms. The van der Waals surface area contributed by atoms with Crippen molar-refractivity contribution in [1.29, 1.82) is 0 Å². The Hall–Kier alpha value is -0.450. The maximum Gasteiger partial charge on any atom is 0.0930 e. The molecule has 0 aliphatic carbocycles. The number of nitrogens with one attached hydrogen (secondary N) is 1. The molecular weight excluding hydrogens is 254 g/mol. The smallest absolute Gasteiger partial charge is 0.0930 e. The fraction of sp³-hybridized carbons (Fsp3) is 0.800. The Morgan fingerprint density at radius 1 is 1.42 bits per heavy atom. The lowest BCUT2D eigenvalue weighted by molar-refractivity contribution is 0.149. The molecule has 0 spiro atoms. The van der Waals surface area contributed by atoms with Crippen LogP contribution in [0.4, 0.5) is 0 Å². The van der Waals surface area contributed by atoms with E-state index >= 15 is 0 Å². The highest BCUT2D eigenvalue weighted by atomic mass is 32.1. The minimum absolute atomic E-state index is 0.703. The van der Waals surface area contributed by atoms with E-state index in [1.165, 1.54) is 42.2 Å². The van der Waals surface area contributed by atoms with Crippen molar-refractivity contribution in [3.8, 4) is 0 Å². The normalized spacial score (nSPS) is 18.3. The third kappa shape index (κ3) is 4.55. The lowest BCUT2D eigenvalue weighted by Crippen LogP contribution is -2.38. The minimum Gasteiger partial charge on any atom is -0.319 e. The van der Waals surface area contributed by atoms with Crippen LogP contribution in [0.5, 0.6) is 0 Å². The fourth-order valence-corrected chi connectivity index (χ4v) is 3.76. The van der Waals surface area contributed by atoms with E-state index in [1.807, 2.05) is 18.4 Å². The number of likely N-dealkylation sites (tertiary alicyclic amines) is 1. The third-order valence-corrected chi connectivity index (χ3v) is 5.14. The largest absolute Gasteiger partial charge is 0.319 e. The van der Waals surface area contributed by atoms with E-state index in [4.69, 9.17) is 0 Å². The lowest BCUT2D eigenvalue weighted by Gasteiger charge is -2.34. The summed E-state index contributed by atoms with van der Waals surface area (Å²) in [5.41, 5.74) is 0. The second-order valence-corrected chi connectivity index (χ2v) is 7.05. The molecule has 1 aromatic rings. The summed E-state index contributed by atoms with van der Waals surface area (Å²) in [6.45, 7) is 8.18. The van der Waals surface area contributed by atoms with E-state index in [-0.39, 0.29) is 0 Å². The Kier molecular flexibility index (Phi) is 5.79. The summed E-state index contributed by atoms with van der Waals surface area (Å²) < 4.78 is 0. The summed E-state index contributed by atoms with van der Waals surface area (Å²) >= 11 is 1.91. The van der Waals surface area contributed by atoms with Crippen LogP contribution in [0.25, 0.3) is 0 Å². The van der Waals surface area contributed by atoms with E-state index in [0.717, 1.165) is 18.9 Å². The van der Waals surface area contributed by atoms with Gasteiger partial charge in [-0.3, -0.25) is 0 Å². The minimum atomic E-state index is 0.703. The van der Waals surface area contributed by atoms with Gasteiger partial charge in [0.1, 0.15) is 0 Å². The zero-order valence-electron chi connectivity index (χ0n) is 12.5. The Morgan fingerprint density at radius 3 is 2.79 bits per heavy atom. The summed E-state index contributed by atoms with van der Waals surface area (Å²) in [7, 11) is 2.00. The van der Waals surface area contributed by atoms with Crippen LogP contribution >= 0.6 is 11.3 Å². The molecule has 0 bridgehead atoms. The van der Waals surface area contributed by atoms with E-state index in [9.17, 15) is 0 Å². The summed E-state index contributed by atoms with van der Waals surface area (Å²) in [5, 5.41) is 4.54. The predicted octanol–water partition coefficient (Wildman–Crippen LogP) is 2.57. The highest BCUT2D eigenvalue weighted by molar-refractivity contribution is 7.11. The van der Waals surface area contributed by atoms with Crippen LogP contribution in [-0.2, 0) is 12.8 Å². The van der Waals surface area contributed by atoms with Gasteiger partial charge < -0.3 is 10.2 Å². The van der Waals surface area contributed by atoms with Gasteiger partial charge in [0.05, 0.1) is 5.01 Å². The van der Waals surface area contributed by atoms with Gasteiger partial charge in [-0.05, 0) is 65.7 Å². The lowest BCUT2D eigenvalue weighted by atomic mass is 9.93. The number of nitrogens with zero attached hydrogens (tertiary/aromatic N) is 2. The number of hydrogen-bond donors (Lipinski definition) is 1. The van der Waals surface area contributed by atoms with Gasteiger partial charge in [-0.15, -0.1) is 11.3 Å². The molecular formula is C15H27N3S. The van der Waals surface area contributed by atoms with Crippen molar-refractivity contribution in [1.82, 2.24) is 15.2 Å². The summed E-state index contributed by atoms with van der Waals surface area (Å²) in [6, 6.07) is 0.703. The Labute approximate surface area is 121 Å². The van der Waals surface area contributed by atoms with Crippen LogP contribution in [0.1, 0.15) is 36.6 Å². The summed E-state index contributed by atoms with van der Waals surface area (Å²) in [4.78, 5) is 8.61. The maximum atomic E-state index is 4.59.